The van der Waals surface area contributed by atoms with Crippen molar-refractivity contribution in [1.82, 2.24) is 4.98 Å². The molecule has 1 saturated heterocycles. The number of rotatable bonds is 7. The van der Waals surface area contributed by atoms with E-state index in [2.05, 4.69) is 10.3 Å². The van der Waals surface area contributed by atoms with Crippen LogP contribution in [0.15, 0.2) is 82.6 Å². The molecule has 2 aliphatic rings. The molecule has 0 aliphatic carbocycles. The first-order valence-corrected chi connectivity index (χ1v) is 14.5. The van der Waals surface area contributed by atoms with Crippen LogP contribution < -0.4 is 19.8 Å². The molecule has 1 aromatic heterocycles. The number of nitrogens with zero attached hydrogens (tertiary/aromatic N) is 2. The summed E-state index contributed by atoms with van der Waals surface area (Å²) in [6.07, 6.45) is 0. The van der Waals surface area contributed by atoms with E-state index in [9.17, 15) is 29.3 Å². The third-order valence-electron chi connectivity index (χ3n) is 7.17. The van der Waals surface area contributed by atoms with Gasteiger partial charge in [0, 0.05) is 28.6 Å². The number of thioether (sulfide) groups is 1. The van der Waals surface area contributed by atoms with Gasteiger partial charge in [0.15, 0.2) is 6.61 Å². The zero-order valence-corrected chi connectivity index (χ0v) is 23.6. The molecule has 212 valence electrons. The highest BCUT2D eigenvalue weighted by molar-refractivity contribution is 8.00. The minimum Gasteiger partial charge on any atom is -0.484 e. The van der Waals surface area contributed by atoms with E-state index in [0.29, 0.717) is 26.9 Å². The molecule has 42 heavy (non-hydrogen) atoms. The number of aromatic nitrogens is 1. The fourth-order valence-corrected chi connectivity index (χ4v) is 7.69. The van der Waals surface area contributed by atoms with Gasteiger partial charge in [-0.1, -0.05) is 53.4 Å². The normalized spacial score (nSPS) is 19.3. The average Bonchev–Trinajstić information content (AvgIpc) is 3.47. The number of hydrogen-bond acceptors (Lipinski definition) is 9. The van der Waals surface area contributed by atoms with Crippen molar-refractivity contribution in [3.05, 3.63) is 109 Å². The Hall–Kier alpha value is -4.75. The van der Waals surface area contributed by atoms with Gasteiger partial charge in [-0.2, -0.15) is 0 Å². The maximum atomic E-state index is 13.8. The molecule has 1 fully saturated rings. The zero-order chi connectivity index (χ0) is 29.5. The molecular formula is C29H22N4O7S2. The van der Waals surface area contributed by atoms with Crippen molar-refractivity contribution in [2.24, 2.45) is 5.92 Å². The number of fused-ring (bicyclic) bond motifs is 2. The minimum atomic E-state index is -0.802. The number of non-ortho nitro benzene ring substituents is 1. The second-order valence-electron chi connectivity index (χ2n) is 9.76. The summed E-state index contributed by atoms with van der Waals surface area (Å²) >= 11 is 2.14. The molecule has 4 aromatic rings. The number of nitro benzene ring substituents is 1. The Balaban J connectivity index is 1.25. The molecule has 13 heteroatoms. The Labute approximate surface area is 246 Å². The molecule has 0 radical (unpaired) electrons. The summed E-state index contributed by atoms with van der Waals surface area (Å²) in [6, 6.07) is 19.5. The first-order valence-electron chi connectivity index (χ1n) is 12.8. The quantitative estimate of drug-likeness (QED) is 0.179. The summed E-state index contributed by atoms with van der Waals surface area (Å²) in [5, 5.41) is 13.6. The number of para-hydroxylation sites is 1. The van der Waals surface area contributed by atoms with Crippen LogP contribution in [0, 0.1) is 23.0 Å². The molecule has 3 atom stereocenters. The van der Waals surface area contributed by atoms with Crippen molar-refractivity contribution in [2.75, 3.05) is 16.8 Å². The summed E-state index contributed by atoms with van der Waals surface area (Å²) in [5.74, 6) is -2.17. The minimum absolute atomic E-state index is 0.155. The van der Waals surface area contributed by atoms with Crippen molar-refractivity contribution in [3.63, 3.8) is 0 Å². The van der Waals surface area contributed by atoms with Crippen LogP contribution in [0.25, 0.3) is 0 Å². The molecule has 3 amide bonds. The fourth-order valence-electron chi connectivity index (χ4n) is 5.17. The smallest absolute Gasteiger partial charge is 0.305 e. The van der Waals surface area contributed by atoms with Gasteiger partial charge >= 0.3 is 4.87 Å². The molecular weight excluding hydrogens is 580 g/mol. The number of benzene rings is 3. The first kappa shape index (κ1) is 27.4. The number of imide groups is 1. The molecule has 3 aromatic carbocycles. The van der Waals surface area contributed by atoms with E-state index in [1.165, 1.54) is 24.3 Å². The Kier molecular flexibility index (Phi) is 7.12. The van der Waals surface area contributed by atoms with Gasteiger partial charge in [0.25, 0.3) is 11.6 Å². The Morgan fingerprint density at radius 2 is 1.74 bits per heavy atom. The fraction of sp³-hybridized carbons (Fsp3) is 0.172. The van der Waals surface area contributed by atoms with Crippen LogP contribution in [0.1, 0.15) is 21.9 Å². The lowest BCUT2D eigenvalue weighted by Gasteiger charge is -2.29. The highest BCUT2D eigenvalue weighted by atomic mass is 32.2. The highest BCUT2D eigenvalue weighted by Gasteiger charge is 2.56. The van der Waals surface area contributed by atoms with E-state index in [4.69, 9.17) is 4.74 Å². The average molecular weight is 603 g/mol. The largest absolute Gasteiger partial charge is 0.484 e. The van der Waals surface area contributed by atoms with Crippen LogP contribution in [0.4, 0.5) is 17.1 Å². The lowest BCUT2D eigenvalue weighted by molar-refractivity contribution is -0.384. The first-order chi connectivity index (χ1) is 20.2. The van der Waals surface area contributed by atoms with Crippen LogP contribution >= 0.6 is 23.1 Å². The number of aryl methyl sites for hydroxylation is 1. The van der Waals surface area contributed by atoms with Crippen molar-refractivity contribution >= 4 is 57.9 Å². The molecule has 0 spiro atoms. The number of anilines is 2. The third kappa shape index (κ3) is 4.97. The number of carbonyl (C=O) groups excluding carboxylic acids is 3. The number of ether oxygens (including phenoxy) is 1. The van der Waals surface area contributed by atoms with E-state index in [1.54, 1.807) is 30.3 Å². The van der Waals surface area contributed by atoms with E-state index in [1.807, 2.05) is 25.1 Å². The number of amides is 3. The topological polar surface area (TPSA) is 152 Å². The van der Waals surface area contributed by atoms with Gasteiger partial charge < -0.3 is 15.0 Å². The van der Waals surface area contributed by atoms with Gasteiger partial charge in [-0.05, 0) is 48.4 Å². The second kappa shape index (κ2) is 10.9. The van der Waals surface area contributed by atoms with Gasteiger partial charge in [0.1, 0.15) is 11.0 Å². The molecule has 0 bridgehead atoms. The van der Waals surface area contributed by atoms with Crippen LogP contribution in [0.3, 0.4) is 0 Å². The van der Waals surface area contributed by atoms with Crippen molar-refractivity contribution in [2.45, 2.75) is 23.1 Å². The van der Waals surface area contributed by atoms with Gasteiger partial charge in [-0.3, -0.25) is 29.3 Å². The van der Waals surface area contributed by atoms with Crippen molar-refractivity contribution < 1.29 is 24.0 Å². The van der Waals surface area contributed by atoms with Crippen molar-refractivity contribution in [1.29, 1.82) is 0 Å². The lowest BCUT2D eigenvalue weighted by Crippen LogP contribution is -2.32. The highest BCUT2D eigenvalue weighted by Crippen LogP contribution is 2.53. The second-order valence-corrected chi connectivity index (χ2v) is 11.9. The van der Waals surface area contributed by atoms with Crippen LogP contribution in [-0.2, 0) is 14.4 Å². The van der Waals surface area contributed by atoms with Crippen LogP contribution in [0.2, 0.25) is 0 Å². The zero-order valence-electron chi connectivity index (χ0n) is 21.9. The number of H-pyrrole nitrogens is 1. The molecule has 2 aliphatic heterocycles. The van der Waals surface area contributed by atoms with E-state index in [-0.39, 0.29) is 28.8 Å². The van der Waals surface area contributed by atoms with E-state index in [0.717, 1.165) is 33.6 Å². The molecule has 0 saturated carbocycles. The molecule has 3 heterocycles. The van der Waals surface area contributed by atoms with E-state index >= 15 is 0 Å². The third-order valence-corrected chi connectivity index (χ3v) is 9.57. The standard InChI is InChI=1S/C29H22N4O7S2/c1-15-4-2-3-5-20(15)30-21(34)14-40-19-12-6-16(7-13-19)22-23-25(41-26-24(22)42-29(37)31-26)28(36)32(27(23)35)17-8-10-18(11-9-17)33(38)39/h2-13,22-23,25H,14H2,1H3,(H,30,34)(H,31,37). The number of thiazole rings is 1. The number of nitro groups is 1. The number of carbonyl (C=O) groups is 3. The SMILES string of the molecule is Cc1ccccc1NC(=O)COc1ccc(C2c3sc(=O)[nH]c3SC3C(=O)N(c4ccc([N+](=O)[O-])cc4)C(=O)C32)cc1. The monoisotopic (exact) mass is 602 g/mol. The van der Waals surface area contributed by atoms with Gasteiger partial charge in [0.2, 0.25) is 11.8 Å². The Morgan fingerprint density at radius 3 is 2.43 bits per heavy atom. The summed E-state index contributed by atoms with van der Waals surface area (Å²) in [4.78, 5) is 66.8. The van der Waals surface area contributed by atoms with Crippen LogP contribution in [-0.4, -0.2) is 39.5 Å². The summed E-state index contributed by atoms with van der Waals surface area (Å²) in [7, 11) is 0. The molecule has 2 N–H and O–H groups in total. The van der Waals surface area contributed by atoms with Crippen molar-refractivity contribution in [3.8, 4) is 5.75 Å². The lowest BCUT2D eigenvalue weighted by atomic mass is 9.83. The predicted octanol–water partition coefficient (Wildman–Crippen LogP) is 4.47. The summed E-state index contributed by atoms with van der Waals surface area (Å²) < 4.78 is 5.68. The van der Waals surface area contributed by atoms with Gasteiger partial charge in [0.05, 0.1) is 21.6 Å². The predicted molar refractivity (Wildman–Crippen MR) is 157 cm³/mol. The number of nitrogens with one attached hydrogen (secondary N) is 2. The molecule has 6 rings (SSSR count). The van der Waals surface area contributed by atoms with Crippen LogP contribution in [0.5, 0.6) is 5.75 Å². The number of aromatic amines is 1. The summed E-state index contributed by atoms with van der Waals surface area (Å²) in [6.45, 7) is 1.68. The maximum Gasteiger partial charge on any atom is 0.305 e. The Bertz CT molecular complexity index is 1780. The Morgan fingerprint density at radius 1 is 1.02 bits per heavy atom. The molecule has 11 nitrogen and oxygen atoms in total. The van der Waals surface area contributed by atoms with E-state index < -0.39 is 33.8 Å². The molecule has 3 unspecified atom stereocenters. The summed E-state index contributed by atoms with van der Waals surface area (Å²) in [5.41, 5.74) is 2.42. The van der Waals surface area contributed by atoms with Gasteiger partial charge in [-0.15, -0.1) is 0 Å². The maximum absolute atomic E-state index is 13.8. The van der Waals surface area contributed by atoms with Gasteiger partial charge in [-0.25, -0.2) is 4.90 Å². The number of hydrogen-bond donors (Lipinski definition) is 2.